The molecule has 0 unspecified atom stereocenters. The van der Waals surface area contributed by atoms with Gasteiger partial charge >= 0.3 is 5.97 Å². The third kappa shape index (κ3) is 5.78. The van der Waals surface area contributed by atoms with Gasteiger partial charge in [0.15, 0.2) is 5.78 Å². The normalized spacial score (nSPS) is 12.3. The smallest absolute Gasteiger partial charge is 0.321 e. The van der Waals surface area contributed by atoms with Gasteiger partial charge in [-0.2, -0.15) is 4.72 Å². The van der Waals surface area contributed by atoms with Crippen molar-refractivity contribution >= 4 is 27.5 Å². The maximum absolute atomic E-state index is 12.2. The van der Waals surface area contributed by atoms with Gasteiger partial charge in [0.2, 0.25) is 10.0 Å². The van der Waals surface area contributed by atoms with Crippen molar-refractivity contribution in [2.24, 2.45) is 0 Å². The molecule has 1 aromatic rings. The summed E-state index contributed by atoms with van der Waals surface area (Å²) < 4.78 is 31.2. The van der Waals surface area contributed by atoms with Gasteiger partial charge in [-0.3, -0.25) is 9.59 Å². The van der Waals surface area contributed by atoms with Gasteiger partial charge in [-0.15, -0.1) is 0 Å². The first-order chi connectivity index (χ1) is 12.0. The molecule has 0 spiro atoms. The number of carbonyl (C=O) groups excluding carboxylic acids is 2. The van der Waals surface area contributed by atoms with E-state index in [1.807, 2.05) is 6.92 Å². The number of aliphatic hydroxyl groups is 1. The van der Waals surface area contributed by atoms with Crippen molar-refractivity contribution in [1.29, 1.82) is 5.41 Å². The molecule has 0 radical (unpaired) electrons. The summed E-state index contributed by atoms with van der Waals surface area (Å²) in [6.45, 7) is 4.84. The number of allylic oxidation sites excluding steroid dienone is 1. The minimum absolute atomic E-state index is 0.0226. The third-order valence-electron chi connectivity index (χ3n) is 3.58. The Bertz CT molecular complexity index is 855. The van der Waals surface area contributed by atoms with Crippen molar-refractivity contribution in [3.63, 3.8) is 0 Å². The lowest BCUT2D eigenvalue weighted by Crippen LogP contribution is -2.31. The van der Waals surface area contributed by atoms with Crippen LogP contribution in [-0.2, 0) is 24.3 Å². The molecule has 0 saturated heterocycles. The van der Waals surface area contributed by atoms with Crippen molar-refractivity contribution < 1.29 is 27.9 Å². The Morgan fingerprint density at radius 1 is 1.19 bits per heavy atom. The molecule has 8 nitrogen and oxygen atoms in total. The van der Waals surface area contributed by atoms with Crippen molar-refractivity contribution in [3.8, 4) is 0 Å². The number of carbonyl (C=O) groups is 2. The Morgan fingerprint density at radius 3 is 2.31 bits per heavy atom. The van der Waals surface area contributed by atoms with Crippen LogP contribution in [0.3, 0.4) is 0 Å². The molecule has 0 fully saturated rings. The molecule has 3 N–H and O–H groups in total. The minimum atomic E-state index is -3.89. The summed E-state index contributed by atoms with van der Waals surface area (Å²) in [5, 5.41) is 17.2. The summed E-state index contributed by atoms with van der Waals surface area (Å²) >= 11 is 0. The van der Waals surface area contributed by atoms with Crippen molar-refractivity contribution in [3.05, 3.63) is 40.7 Å². The first-order valence-electron chi connectivity index (χ1n) is 7.66. The molecule has 1 rings (SSSR count). The third-order valence-corrected chi connectivity index (χ3v) is 4.98. The molecule has 9 heteroatoms. The number of benzene rings is 1. The number of hydrogen-bond donors (Lipinski definition) is 3. The van der Waals surface area contributed by atoms with E-state index in [4.69, 9.17) is 10.1 Å². The second-order valence-electron chi connectivity index (χ2n) is 5.73. The Hall–Kier alpha value is -2.52. The zero-order valence-corrected chi connectivity index (χ0v) is 15.9. The lowest BCUT2D eigenvalue weighted by Gasteiger charge is -2.10. The Labute approximate surface area is 152 Å². The Morgan fingerprint density at radius 2 is 1.81 bits per heavy atom. The average Bonchev–Trinajstić information content (AvgIpc) is 2.52. The van der Waals surface area contributed by atoms with Gasteiger partial charge in [0.25, 0.3) is 0 Å². The van der Waals surface area contributed by atoms with Crippen molar-refractivity contribution in [2.75, 3.05) is 13.2 Å². The molecule has 0 amide bonds. The van der Waals surface area contributed by atoms with Gasteiger partial charge in [0.05, 0.1) is 10.5 Å². The molecule has 142 valence electrons. The molecular weight excluding hydrogens is 360 g/mol. The molecule has 0 bridgehead atoms. The number of Topliss-reactive ketones (excluding diaryl/α,β-unsaturated/α-hetero) is 1. The van der Waals surface area contributed by atoms with Crippen LogP contribution in [0.25, 0.3) is 0 Å². The molecular formula is C17H22N2O6S. The quantitative estimate of drug-likeness (QED) is 0.270. The number of ether oxygens (including phenoxy) is 1. The second kappa shape index (κ2) is 8.72. The first kappa shape index (κ1) is 21.5. The fourth-order valence-electron chi connectivity index (χ4n) is 2.07. The van der Waals surface area contributed by atoms with E-state index in [9.17, 15) is 23.1 Å². The number of rotatable bonds is 8. The fourth-order valence-corrected chi connectivity index (χ4v) is 3.13. The molecule has 0 atom stereocenters. The summed E-state index contributed by atoms with van der Waals surface area (Å²) in [4.78, 5) is 23.1. The standard InChI is InChI=1S/C17H22N2O6S/c1-10-5-6-14(7-11(10)2)26(23,24)19-8-16(22)25-9-15(21)17(12(3)18)13(4)20/h5-7,18-19,21H,8-9H2,1-4H3/b17-15-,18-12?. The summed E-state index contributed by atoms with van der Waals surface area (Å²) in [5.74, 6) is -2.04. The number of aliphatic hydroxyl groups excluding tert-OH is 1. The highest BCUT2D eigenvalue weighted by atomic mass is 32.2. The van der Waals surface area contributed by atoms with E-state index in [-0.39, 0.29) is 16.2 Å². The number of hydrogen-bond acceptors (Lipinski definition) is 7. The summed E-state index contributed by atoms with van der Waals surface area (Å²) in [7, 11) is -3.89. The van der Waals surface area contributed by atoms with Crippen LogP contribution in [0.15, 0.2) is 34.4 Å². The van der Waals surface area contributed by atoms with Gasteiger partial charge < -0.3 is 15.3 Å². The number of esters is 1. The van der Waals surface area contributed by atoms with Gasteiger partial charge in [0.1, 0.15) is 18.9 Å². The minimum Gasteiger partial charge on any atom is -0.508 e. The number of ketones is 1. The zero-order valence-electron chi connectivity index (χ0n) is 15.0. The highest BCUT2D eigenvalue weighted by molar-refractivity contribution is 7.89. The monoisotopic (exact) mass is 382 g/mol. The molecule has 0 aliphatic rings. The average molecular weight is 382 g/mol. The highest BCUT2D eigenvalue weighted by Crippen LogP contribution is 2.14. The topological polar surface area (TPSA) is 134 Å². The number of nitrogens with one attached hydrogen (secondary N) is 2. The SMILES string of the molecule is CC(=N)/C(C(C)=O)=C(/O)COC(=O)CNS(=O)(=O)c1ccc(C)c(C)c1. The first-order valence-corrected chi connectivity index (χ1v) is 9.15. The van der Waals surface area contributed by atoms with E-state index >= 15 is 0 Å². The predicted molar refractivity (Wildman–Crippen MR) is 95.8 cm³/mol. The van der Waals surface area contributed by atoms with Gasteiger partial charge in [-0.1, -0.05) is 6.07 Å². The van der Waals surface area contributed by atoms with Gasteiger partial charge in [-0.25, -0.2) is 8.42 Å². The van der Waals surface area contributed by atoms with Gasteiger partial charge in [0, 0.05) is 5.71 Å². The van der Waals surface area contributed by atoms with Crippen LogP contribution in [-0.4, -0.2) is 44.1 Å². The zero-order chi connectivity index (χ0) is 20.1. The number of aryl methyl sites for hydroxylation is 2. The largest absolute Gasteiger partial charge is 0.508 e. The molecule has 0 heterocycles. The Balaban J connectivity index is 2.71. The molecule has 0 saturated carbocycles. The van der Waals surface area contributed by atoms with E-state index in [1.165, 1.54) is 26.0 Å². The second-order valence-corrected chi connectivity index (χ2v) is 7.50. The summed E-state index contributed by atoms with van der Waals surface area (Å²) in [5.41, 5.74) is 1.33. The summed E-state index contributed by atoms with van der Waals surface area (Å²) in [6, 6.07) is 4.58. The molecule has 1 aromatic carbocycles. The maximum atomic E-state index is 12.2. The highest BCUT2D eigenvalue weighted by Gasteiger charge is 2.18. The van der Waals surface area contributed by atoms with E-state index in [0.717, 1.165) is 11.1 Å². The van der Waals surface area contributed by atoms with Crippen LogP contribution in [0, 0.1) is 19.3 Å². The van der Waals surface area contributed by atoms with E-state index in [1.54, 1.807) is 13.0 Å². The molecule has 26 heavy (non-hydrogen) atoms. The maximum Gasteiger partial charge on any atom is 0.321 e. The fraction of sp³-hybridized carbons (Fsp3) is 0.353. The lowest BCUT2D eigenvalue weighted by molar-refractivity contribution is -0.142. The Kier molecular flexibility index (Phi) is 7.22. The van der Waals surface area contributed by atoms with Crippen LogP contribution in [0.2, 0.25) is 0 Å². The van der Waals surface area contributed by atoms with E-state index in [2.05, 4.69) is 4.72 Å². The van der Waals surface area contributed by atoms with E-state index < -0.39 is 40.7 Å². The van der Waals surface area contributed by atoms with Crippen LogP contribution in [0.5, 0.6) is 0 Å². The van der Waals surface area contributed by atoms with Crippen LogP contribution >= 0.6 is 0 Å². The molecule has 0 aliphatic carbocycles. The van der Waals surface area contributed by atoms with E-state index in [0.29, 0.717) is 0 Å². The molecule has 0 aromatic heterocycles. The predicted octanol–water partition coefficient (Wildman–Crippen LogP) is 1.57. The van der Waals surface area contributed by atoms with Gasteiger partial charge in [-0.05, 0) is 51.0 Å². The van der Waals surface area contributed by atoms with Crippen molar-refractivity contribution in [2.45, 2.75) is 32.6 Å². The van der Waals surface area contributed by atoms with Crippen LogP contribution in [0.1, 0.15) is 25.0 Å². The lowest BCUT2D eigenvalue weighted by atomic mass is 10.1. The summed E-state index contributed by atoms with van der Waals surface area (Å²) in [6.07, 6.45) is 0. The van der Waals surface area contributed by atoms with Crippen molar-refractivity contribution in [1.82, 2.24) is 4.72 Å². The van der Waals surface area contributed by atoms with Crippen LogP contribution < -0.4 is 4.72 Å². The number of sulfonamides is 1. The van der Waals surface area contributed by atoms with Crippen LogP contribution in [0.4, 0.5) is 0 Å². The molecule has 0 aliphatic heterocycles.